The third-order valence-corrected chi connectivity index (χ3v) is 5.37. The molecule has 1 aromatic carbocycles. The van der Waals surface area contributed by atoms with Gasteiger partial charge < -0.3 is 5.32 Å². The van der Waals surface area contributed by atoms with Gasteiger partial charge in [0.1, 0.15) is 5.82 Å². The van der Waals surface area contributed by atoms with Crippen LogP contribution in [-0.2, 0) is 11.3 Å². The number of carbonyl (C=O) groups excluding carboxylic acids is 1. The molecule has 3 rings (SSSR count). The van der Waals surface area contributed by atoms with Crippen molar-refractivity contribution in [3.05, 3.63) is 65.7 Å². The maximum absolute atomic E-state index is 13.9. The fourth-order valence-electron chi connectivity index (χ4n) is 3.91. The van der Waals surface area contributed by atoms with Crippen LogP contribution in [0.5, 0.6) is 0 Å². The van der Waals surface area contributed by atoms with Crippen LogP contribution in [0.2, 0.25) is 0 Å². The van der Waals surface area contributed by atoms with E-state index < -0.39 is 0 Å². The maximum Gasteiger partial charge on any atom is 0.220 e. The van der Waals surface area contributed by atoms with Gasteiger partial charge in [-0.15, -0.1) is 0 Å². The highest BCUT2D eigenvalue weighted by atomic mass is 19.1. The minimum atomic E-state index is -0.142. The lowest BCUT2D eigenvalue weighted by Crippen LogP contribution is -2.41. The zero-order chi connectivity index (χ0) is 19.9. The number of likely N-dealkylation sites (tertiary alicyclic amines) is 1. The van der Waals surface area contributed by atoms with Gasteiger partial charge in [-0.1, -0.05) is 38.1 Å². The predicted molar refractivity (Wildman–Crippen MR) is 109 cm³/mol. The molecule has 1 aliphatic heterocycles. The second-order valence-electron chi connectivity index (χ2n) is 8.10. The zero-order valence-corrected chi connectivity index (χ0v) is 16.8. The number of amides is 1. The molecular weight excluding hydrogens is 353 g/mol. The van der Waals surface area contributed by atoms with Crippen LogP contribution in [0.3, 0.4) is 0 Å². The van der Waals surface area contributed by atoms with Crippen molar-refractivity contribution in [1.29, 1.82) is 0 Å². The number of nitrogens with zero attached hydrogens (tertiary/aromatic N) is 2. The average Bonchev–Trinajstić information content (AvgIpc) is 2.69. The average molecular weight is 384 g/mol. The molecule has 1 N–H and O–H groups in total. The van der Waals surface area contributed by atoms with Crippen molar-refractivity contribution in [2.24, 2.45) is 11.8 Å². The molecule has 0 bridgehead atoms. The second kappa shape index (κ2) is 9.78. The van der Waals surface area contributed by atoms with E-state index in [2.05, 4.69) is 29.0 Å². The largest absolute Gasteiger partial charge is 0.347 e. The number of benzene rings is 1. The Bertz CT molecular complexity index is 757. The Balaban J connectivity index is 1.64. The number of carbonyl (C=O) groups is 1. The lowest BCUT2D eigenvalue weighted by Gasteiger charge is -2.36. The number of aromatic nitrogens is 1. The number of piperidine rings is 1. The topological polar surface area (TPSA) is 45.2 Å². The van der Waals surface area contributed by atoms with E-state index in [9.17, 15) is 9.18 Å². The van der Waals surface area contributed by atoms with Gasteiger partial charge in [0.25, 0.3) is 0 Å². The summed E-state index contributed by atoms with van der Waals surface area (Å²) in [6.45, 7) is 6.52. The van der Waals surface area contributed by atoms with Crippen LogP contribution in [-0.4, -0.2) is 28.9 Å². The molecule has 2 aromatic rings. The van der Waals surface area contributed by atoms with E-state index in [1.54, 1.807) is 12.3 Å². The molecule has 0 spiro atoms. The molecular formula is C23H30FN3O. The first-order valence-corrected chi connectivity index (χ1v) is 10.2. The van der Waals surface area contributed by atoms with E-state index >= 15 is 0 Å². The zero-order valence-electron chi connectivity index (χ0n) is 16.8. The molecule has 150 valence electrons. The molecule has 1 fully saturated rings. The van der Waals surface area contributed by atoms with Crippen molar-refractivity contribution in [2.45, 2.75) is 45.7 Å². The lowest BCUT2D eigenvalue weighted by molar-refractivity contribution is -0.123. The van der Waals surface area contributed by atoms with Gasteiger partial charge in [-0.05, 0) is 56.0 Å². The van der Waals surface area contributed by atoms with Crippen LogP contribution in [0.1, 0.15) is 50.4 Å². The monoisotopic (exact) mass is 383 g/mol. The molecule has 0 unspecified atom stereocenters. The molecule has 1 atom stereocenters. The van der Waals surface area contributed by atoms with E-state index in [0.29, 0.717) is 24.8 Å². The fraction of sp³-hybridized carbons (Fsp3) is 0.478. The number of hydrogen-bond acceptors (Lipinski definition) is 3. The number of nitrogens with one attached hydrogen (secondary N) is 1. The Morgan fingerprint density at radius 1 is 1.18 bits per heavy atom. The maximum atomic E-state index is 13.9. The number of halogens is 1. The lowest BCUT2D eigenvalue weighted by atomic mass is 9.87. The highest BCUT2D eigenvalue weighted by molar-refractivity contribution is 5.76. The van der Waals surface area contributed by atoms with Crippen LogP contribution in [0.15, 0.2) is 48.7 Å². The molecule has 0 radical (unpaired) electrons. The Labute approximate surface area is 167 Å². The summed E-state index contributed by atoms with van der Waals surface area (Å²) in [6.07, 6.45) is 4.22. The van der Waals surface area contributed by atoms with Crippen LogP contribution in [0, 0.1) is 17.7 Å². The standard InChI is InChI=1S/C23H30FN3O/c1-17(2)15-22(28)26-23(21-9-5-6-12-25-21)18-10-13-27(14-11-18)16-19-7-3-4-8-20(19)24/h3-9,12,17-18,23H,10-11,13-16H2,1-2H3,(H,26,28)/t23-/m1/s1. The van der Waals surface area contributed by atoms with E-state index in [1.807, 2.05) is 30.3 Å². The quantitative estimate of drug-likeness (QED) is 0.774. The van der Waals surface area contributed by atoms with Gasteiger partial charge in [0.05, 0.1) is 11.7 Å². The molecule has 1 aromatic heterocycles. The second-order valence-corrected chi connectivity index (χ2v) is 8.10. The minimum absolute atomic E-state index is 0.0666. The van der Waals surface area contributed by atoms with Crippen molar-refractivity contribution in [1.82, 2.24) is 15.2 Å². The first-order valence-electron chi connectivity index (χ1n) is 10.2. The number of rotatable bonds is 7. The van der Waals surface area contributed by atoms with E-state index in [-0.39, 0.29) is 17.8 Å². The molecule has 1 aliphatic rings. The summed E-state index contributed by atoms with van der Waals surface area (Å²) in [5, 5.41) is 3.23. The smallest absolute Gasteiger partial charge is 0.220 e. The van der Waals surface area contributed by atoms with Crippen LogP contribution >= 0.6 is 0 Å². The summed E-state index contributed by atoms with van der Waals surface area (Å²) in [6, 6.07) is 12.8. The van der Waals surface area contributed by atoms with Gasteiger partial charge in [0.2, 0.25) is 5.91 Å². The van der Waals surface area contributed by atoms with E-state index in [0.717, 1.165) is 37.2 Å². The molecule has 1 saturated heterocycles. The van der Waals surface area contributed by atoms with E-state index in [4.69, 9.17) is 0 Å². The Morgan fingerprint density at radius 2 is 1.89 bits per heavy atom. The molecule has 0 aliphatic carbocycles. The van der Waals surface area contributed by atoms with Gasteiger partial charge in [-0.2, -0.15) is 0 Å². The first kappa shape index (κ1) is 20.5. The van der Waals surface area contributed by atoms with Gasteiger partial charge >= 0.3 is 0 Å². The summed E-state index contributed by atoms with van der Waals surface area (Å²) in [7, 11) is 0. The summed E-state index contributed by atoms with van der Waals surface area (Å²) in [4.78, 5) is 19.2. The van der Waals surface area contributed by atoms with Crippen molar-refractivity contribution in [3.8, 4) is 0 Å². The Kier molecular flexibility index (Phi) is 7.15. The molecule has 5 heteroatoms. The first-order chi connectivity index (χ1) is 13.5. The summed E-state index contributed by atoms with van der Waals surface area (Å²) < 4.78 is 13.9. The molecule has 0 saturated carbocycles. The summed E-state index contributed by atoms with van der Waals surface area (Å²) in [5.74, 6) is 0.603. The van der Waals surface area contributed by atoms with Crippen molar-refractivity contribution in [2.75, 3.05) is 13.1 Å². The third kappa shape index (κ3) is 5.61. The van der Waals surface area contributed by atoms with Gasteiger partial charge in [-0.3, -0.25) is 14.7 Å². The SMILES string of the molecule is CC(C)CC(=O)N[C@@H](c1ccccn1)C1CCN(Cc2ccccc2F)CC1. The fourth-order valence-corrected chi connectivity index (χ4v) is 3.91. The highest BCUT2D eigenvalue weighted by Crippen LogP contribution is 2.31. The van der Waals surface area contributed by atoms with Crippen LogP contribution in [0.25, 0.3) is 0 Å². The Hall–Kier alpha value is -2.27. The normalized spacial score (nSPS) is 16.9. The molecule has 4 nitrogen and oxygen atoms in total. The molecule has 2 heterocycles. The Morgan fingerprint density at radius 3 is 2.54 bits per heavy atom. The van der Waals surface area contributed by atoms with Crippen LogP contribution in [0.4, 0.5) is 4.39 Å². The van der Waals surface area contributed by atoms with Crippen molar-refractivity contribution >= 4 is 5.91 Å². The number of pyridine rings is 1. The predicted octanol–water partition coefficient (Wildman–Crippen LogP) is 4.34. The van der Waals surface area contributed by atoms with Gasteiger partial charge in [0.15, 0.2) is 0 Å². The van der Waals surface area contributed by atoms with Gasteiger partial charge in [0, 0.05) is 24.7 Å². The van der Waals surface area contributed by atoms with Crippen molar-refractivity contribution < 1.29 is 9.18 Å². The van der Waals surface area contributed by atoms with E-state index in [1.165, 1.54) is 6.07 Å². The molecule has 28 heavy (non-hydrogen) atoms. The number of hydrogen-bond donors (Lipinski definition) is 1. The van der Waals surface area contributed by atoms with Crippen molar-refractivity contribution in [3.63, 3.8) is 0 Å². The van der Waals surface area contributed by atoms with Gasteiger partial charge in [-0.25, -0.2) is 4.39 Å². The van der Waals surface area contributed by atoms with Crippen LogP contribution < -0.4 is 5.32 Å². The molecule has 1 amide bonds. The summed E-state index contributed by atoms with van der Waals surface area (Å²) in [5.41, 5.74) is 1.67. The summed E-state index contributed by atoms with van der Waals surface area (Å²) >= 11 is 0. The third-order valence-electron chi connectivity index (χ3n) is 5.37. The minimum Gasteiger partial charge on any atom is -0.347 e. The highest BCUT2D eigenvalue weighted by Gasteiger charge is 2.30.